The van der Waals surface area contributed by atoms with Gasteiger partial charge in [-0.1, -0.05) is 13.8 Å². The summed E-state index contributed by atoms with van der Waals surface area (Å²) in [6.07, 6.45) is 1.82. The summed E-state index contributed by atoms with van der Waals surface area (Å²) in [6, 6.07) is 1.97. The molecule has 1 aromatic rings. The monoisotopic (exact) mass is 165 g/mol. The van der Waals surface area contributed by atoms with E-state index in [0.29, 0.717) is 5.92 Å². The largest absolute Gasteiger partial charge is 0.390 e. The first-order valence-corrected chi connectivity index (χ1v) is 4.21. The Morgan fingerprint density at radius 1 is 1.50 bits per heavy atom. The van der Waals surface area contributed by atoms with Crippen LogP contribution in [-0.2, 0) is 6.61 Å². The van der Waals surface area contributed by atoms with Gasteiger partial charge in [-0.05, 0) is 30.0 Å². The fourth-order valence-electron chi connectivity index (χ4n) is 1.29. The molecule has 2 nitrogen and oxygen atoms in total. The standard InChI is InChI=1S/C10H15NO/c1-7(2)10-4-9(6-12)11-5-8(10)3/h4-5,7,12H,6H2,1-3H3. The number of aromatic nitrogens is 1. The summed E-state index contributed by atoms with van der Waals surface area (Å²) >= 11 is 0. The average molecular weight is 165 g/mol. The van der Waals surface area contributed by atoms with Gasteiger partial charge in [0.15, 0.2) is 0 Å². The predicted octanol–water partition coefficient (Wildman–Crippen LogP) is 2.01. The van der Waals surface area contributed by atoms with Gasteiger partial charge in [-0.3, -0.25) is 4.98 Å². The van der Waals surface area contributed by atoms with Gasteiger partial charge in [0.2, 0.25) is 0 Å². The van der Waals surface area contributed by atoms with Crippen molar-refractivity contribution in [2.24, 2.45) is 0 Å². The van der Waals surface area contributed by atoms with E-state index in [-0.39, 0.29) is 6.61 Å². The first-order valence-electron chi connectivity index (χ1n) is 4.21. The molecule has 0 atom stereocenters. The van der Waals surface area contributed by atoms with Gasteiger partial charge in [0.25, 0.3) is 0 Å². The van der Waals surface area contributed by atoms with Gasteiger partial charge in [0.1, 0.15) is 0 Å². The zero-order valence-corrected chi connectivity index (χ0v) is 7.83. The molecular weight excluding hydrogens is 150 g/mol. The molecule has 12 heavy (non-hydrogen) atoms. The molecule has 66 valence electrons. The third-order valence-corrected chi connectivity index (χ3v) is 1.99. The number of aliphatic hydroxyl groups is 1. The van der Waals surface area contributed by atoms with E-state index in [1.807, 2.05) is 19.2 Å². The van der Waals surface area contributed by atoms with Crippen LogP contribution in [0, 0.1) is 6.92 Å². The summed E-state index contributed by atoms with van der Waals surface area (Å²) in [7, 11) is 0. The Bertz CT molecular complexity index is 269. The summed E-state index contributed by atoms with van der Waals surface area (Å²) in [5.41, 5.74) is 3.22. The summed E-state index contributed by atoms with van der Waals surface area (Å²) < 4.78 is 0. The molecule has 1 rings (SSSR count). The van der Waals surface area contributed by atoms with Crippen LogP contribution in [0.15, 0.2) is 12.3 Å². The predicted molar refractivity (Wildman–Crippen MR) is 49.0 cm³/mol. The number of nitrogens with zero attached hydrogens (tertiary/aromatic N) is 1. The van der Waals surface area contributed by atoms with Crippen LogP contribution in [0.3, 0.4) is 0 Å². The molecule has 2 heteroatoms. The van der Waals surface area contributed by atoms with Crippen molar-refractivity contribution in [2.75, 3.05) is 0 Å². The number of aryl methyl sites for hydroxylation is 1. The topological polar surface area (TPSA) is 33.1 Å². The molecule has 1 aromatic heterocycles. The molecule has 0 aromatic carbocycles. The van der Waals surface area contributed by atoms with Crippen molar-refractivity contribution in [2.45, 2.75) is 33.3 Å². The highest BCUT2D eigenvalue weighted by molar-refractivity contribution is 5.27. The third-order valence-electron chi connectivity index (χ3n) is 1.99. The fraction of sp³-hybridized carbons (Fsp3) is 0.500. The molecule has 0 radical (unpaired) electrons. The summed E-state index contributed by atoms with van der Waals surface area (Å²) in [4.78, 5) is 4.09. The lowest BCUT2D eigenvalue weighted by Crippen LogP contribution is -1.97. The fourth-order valence-corrected chi connectivity index (χ4v) is 1.29. The molecule has 0 aliphatic heterocycles. The Balaban J connectivity index is 3.08. The molecule has 0 aliphatic carbocycles. The van der Waals surface area contributed by atoms with Gasteiger partial charge in [-0.2, -0.15) is 0 Å². The Labute approximate surface area is 73.3 Å². The van der Waals surface area contributed by atoms with Crippen molar-refractivity contribution >= 4 is 0 Å². The van der Waals surface area contributed by atoms with E-state index < -0.39 is 0 Å². The molecule has 1 heterocycles. The lowest BCUT2D eigenvalue weighted by atomic mass is 9.99. The van der Waals surface area contributed by atoms with Crippen molar-refractivity contribution in [3.05, 3.63) is 29.1 Å². The van der Waals surface area contributed by atoms with Gasteiger partial charge in [0, 0.05) is 6.20 Å². The highest BCUT2D eigenvalue weighted by Gasteiger charge is 2.04. The second-order valence-electron chi connectivity index (χ2n) is 3.35. The van der Waals surface area contributed by atoms with Crippen molar-refractivity contribution in [1.82, 2.24) is 4.98 Å². The van der Waals surface area contributed by atoms with Crippen LogP contribution in [0.5, 0.6) is 0 Å². The highest BCUT2D eigenvalue weighted by Crippen LogP contribution is 2.18. The summed E-state index contributed by atoms with van der Waals surface area (Å²) in [5.74, 6) is 0.498. The molecule has 0 bridgehead atoms. The van der Waals surface area contributed by atoms with E-state index in [0.717, 1.165) is 5.69 Å². The van der Waals surface area contributed by atoms with Gasteiger partial charge in [-0.25, -0.2) is 0 Å². The quantitative estimate of drug-likeness (QED) is 0.727. The van der Waals surface area contributed by atoms with E-state index in [1.165, 1.54) is 11.1 Å². The normalized spacial score (nSPS) is 10.8. The van der Waals surface area contributed by atoms with Crippen molar-refractivity contribution in [3.63, 3.8) is 0 Å². The Morgan fingerprint density at radius 2 is 2.17 bits per heavy atom. The van der Waals surface area contributed by atoms with Crippen LogP contribution < -0.4 is 0 Å². The highest BCUT2D eigenvalue weighted by atomic mass is 16.3. The van der Waals surface area contributed by atoms with E-state index in [2.05, 4.69) is 18.8 Å². The second kappa shape index (κ2) is 3.68. The van der Waals surface area contributed by atoms with Crippen LogP contribution in [0.25, 0.3) is 0 Å². The Kier molecular flexibility index (Phi) is 2.82. The minimum absolute atomic E-state index is 0.0278. The molecule has 0 saturated carbocycles. The number of hydrogen-bond donors (Lipinski definition) is 1. The SMILES string of the molecule is Cc1cnc(CO)cc1C(C)C. The number of rotatable bonds is 2. The van der Waals surface area contributed by atoms with Crippen LogP contribution in [0.2, 0.25) is 0 Å². The van der Waals surface area contributed by atoms with Crippen LogP contribution in [0.4, 0.5) is 0 Å². The van der Waals surface area contributed by atoms with Gasteiger partial charge in [-0.15, -0.1) is 0 Å². The first-order chi connectivity index (χ1) is 5.65. The van der Waals surface area contributed by atoms with Crippen LogP contribution in [0.1, 0.15) is 36.6 Å². The van der Waals surface area contributed by atoms with Crippen molar-refractivity contribution in [1.29, 1.82) is 0 Å². The summed E-state index contributed by atoms with van der Waals surface area (Å²) in [5, 5.41) is 8.87. The van der Waals surface area contributed by atoms with E-state index in [1.54, 1.807) is 0 Å². The van der Waals surface area contributed by atoms with Gasteiger partial charge < -0.3 is 5.11 Å². The minimum Gasteiger partial charge on any atom is -0.390 e. The minimum atomic E-state index is 0.0278. The summed E-state index contributed by atoms with van der Waals surface area (Å²) in [6.45, 7) is 6.36. The maximum atomic E-state index is 8.87. The van der Waals surface area contributed by atoms with Gasteiger partial charge >= 0.3 is 0 Å². The Hall–Kier alpha value is -0.890. The number of aliphatic hydroxyl groups excluding tert-OH is 1. The molecule has 0 spiro atoms. The Morgan fingerprint density at radius 3 is 2.67 bits per heavy atom. The first kappa shape index (κ1) is 9.20. The third kappa shape index (κ3) is 1.83. The van der Waals surface area contributed by atoms with Crippen molar-refractivity contribution in [3.8, 4) is 0 Å². The molecule has 0 unspecified atom stereocenters. The van der Waals surface area contributed by atoms with Crippen molar-refractivity contribution < 1.29 is 5.11 Å². The molecular formula is C10H15NO. The lowest BCUT2D eigenvalue weighted by molar-refractivity contribution is 0.276. The van der Waals surface area contributed by atoms with E-state index >= 15 is 0 Å². The lowest BCUT2D eigenvalue weighted by Gasteiger charge is -2.09. The number of hydrogen-bond acceptors (Lipinski definition) is 2. The zero-order valence-electron chi connectivity index (χ0n) is 7.83. The average Bonchev–Trinajstić information content (AvgIpc) is 2.05. The molecule has 0 fully saturated rings. The van der Waals surface area contributed by atoms with Crippen LogP contribution >= 0.6 is 0 Å². The van der Waals surface area contributed by atoms with E-state index in [9.17, 15) is 0 Å². The molecule has 0 aliphatic rings. The maximum Gasteiger partial charge on any atom is 0.0853 e. The second-order valence-corrected chi connectivity index (χ2v) is 3.35. The molecule has 0 amide bonds. The maximum absolute atomic E-state index is 8.87. The van der Waals surface area contributed by atoms with E-state index in [4.69, 9.17) is 5.11 Å². The smallest absolute Gasteiger partial charge is 0.0853 e. The van der Waals surface area contributed by atoms with Gasteiger partial charge in [0.05, 0.1) is 12.3 Å². The zero-order chi connectivity index (χ0) is 9.14. The molecule has 0 saturated heterocycles. The number of pyridine rings is 1. The van der Waals surface area contributed by atoms with Crippen LogP contribution in [-0.4, -0.2) is 10.1 Å². The molecule has 1 N–H and O–H groups in total.